The van der Waals surface area contributed by atoms with Gasteiger partial charge in [0.1, 0.15) is 5.82 Å². The molecule has 5 rings (SSSR count). The highest BCUT2D eigenvalue weighted by Gasteiger charge is 2.27. The second kappa shape index (κ2) is 10.5. The molecule has 1 aromatic carbocycles. The van der Waals surface area contributed by atoms with Crippen molar-refractivity contribution >= 4 is 38.8 Å². The van der Waals surface area contributed by atoms with Gasteiger partial charge in [-0.3, -0.25) is 9.69 Å². The van der Waals surface area contributed by atoms with Gasteiger partial charge < -0.3 is 15.1 Å². The largest absolute Gasteiger partial charge is 0.369 e. The van der Waals surface area contributed by atoms with E-state index in [4.69, 9.17) is 0 Å². The molecule has 3 aromatic rings. The summed E-state index contributed by atoms with van der Waals surface area (Å²) in [5.74, 6) is 1.27. The second-order valence-electron chi connectivity index (χ2n) is 9.06. The molecule has 1 atom stereocenters. The van der Waals surface area contributed by atoms with Gasteiger partial charge in [0.05, 0.1) is 5.92 Å². The van der Waals surface area contributed by atoms with Gasteiger partial charge in [0.25, 0.3) is 0 Å². The summed E-state index contributed by atoms with van der Waals surface area (Å²) in [6.07, 6.45) is 4.89. The number of carbonyl (C=O) groups excluding carboxylic acids is 1. The van der Waals surface area contributed by atoms with Gasteiger partial charge in [0, 0.05) is 67.8 Å². The van der Waals surface area contributed by atoms with Gasteiger partial charge in [-0.25, -0.2) is 4.98 Å². The lowest BCUT2D eigenvalue weighted by atomic mass is 9.97. The van der Waals surface area contributed by atoms with Crippen LogP contribution >= 0.6 is 11.3 Å². The Bertz CT molecular complexity index is 1050. The van der Waals surface area contributed by atoms with Gasteiger partial charge >= 0.3 is 0 Å². The molecule has 7 heteroatoms. The van der Waals surface area contributed by atoms with Gasteiger partial charge in [-0.2, -0.15) is 0 Å². The number of carbonyl (C=O) groups is 1. The van der Waals surface area contributed by atoms with Crippen molar-refractivity contribution in [3.05, 3.63) is 54.0 Å². The highest BCUT2D eigenvalue weighted by atomic mass is 32.1. The molecule has 2 aliphatic heterocycles. The van der Waals surface area contributed by atoms with Crippen molar-refractivity contribution in [3.63, 3.8) is 0 Å². The molecule has 0 aliphatic carbocycles. The van der Waals surface area contributed by atoms with Crippen molar-refractivity contribution < 1.29 is 4.79 Å². The Hall–Kier alpha value is -2.64. The first-order chi connectivity index (χ1) is 16.3. The van der Waals surface area contributed by atoms with Gasteiger partial charge in [0.2, 0.25) is 5.91 Å². The first-order valence-corrected chi connectivity index (χ1v) is 13.0. The molecule has 0 bridgehead atoms. The Labute approximate surface area is 200 Å². The second-order valence-corrected chi connectivity index (χ2v) is 10.0. The van der Waals surface area contributed by atoms with Gasteiger partial charge in [-0.1, -0.05) is 18.2 Å². The zero-order chi connectivity index (χ0) is 22.5. The zero-order valence-electron chi connectivity index (χ0n) is 19.2. The molecule has 2 aromatic heterocycles. The number of anilines is 2. The Morgan fingerprint density at radius 2 is 1.88 bits per heavy atom. The van der Waals surface area contributed by atoms with E-state index in [1.807, 2.05) is 6.20 Å². The quantitative estimate of drug-likeness (QED) is 0.540. The molecule has 1 amide bonds. The van der Waals surface area contributed by atoms with Crippen LogP contribution in [0.25, 0.3) is 10.1 Å². The molecular weight excluding hydrogens is 430 g/mol. The molecule has 1 N–H and O–H groups in total. The molecule has 174 valence electrons. The van der Waals surface area contributed by atoms with Crippen LogP contribution < -0.4 is 15.1 Å². The number of fused-ring (bicyclic) bond motifs is 1. The third-order valence-corrected chi connectivity index (χ3v) is 7.78. The average Bonchev–Trinajstić information content (AvgIpc) is 3.37. The fourth-order valence-electron chi connectivity index (χ4n) is 5.04. The van der Waals surface area contributed by atoms with E-state index in [2.05, 4.69) is 72.8 Å². The Kier molecular flexibility index (Phi) is 7.07. The average molecular weight is 464 g/mol. The van der Waals surface area contributed by atoms with Crippen molar-refractivity contribution in [1.29, 1.82) is 0 Å². The van der Waals surface area contributed by atoms with E-state index in [1.54, 1.807) is 11.3 Å². The summed E-state index contributed by atoms with van der Waals surface area (Å²) in [6.45, 7) is 7.84. The van der Waals surface area contributed by atoms with Crippen LogP contribution in [0, 0.1) is 5.92 Å². The fourth-order valence-corrected chi connectivity index (χ4v) is 5.82. The lowest BCUT2D eigenvalue weighted by molar-refractivity contribution is -0.125. The third kappa shape index (κ3) is 5.31. The molecule has 0 spiro atoms. The van der Waals surface area contributed by atoms with Crippen molar-refractivity contribution in [1.82, 2.24) is 15.2 Å². The number of hydrogen-bond acceptors (Lipinski definition) is 6. The third-order valence-electron chi connectivity index (χ3n) is 6.89. The van der Waals surface area contributed by atoms with Gasteiger partial charge in [-0.15, -0.1) is 11.3 Å². The standard InChI is InChI=1S/C26H33N5OS/c32-26(21-6-4-14-31(20-21)25-23-10-19-33-24(23)9-12-27-25)28-11-5-13-29-15-17-30(18-16-29)22-7-2-1-3-8-22/h1-3,7-10,12,19,21H,4-6,11,13-18,20H2,(H,28,32)/t21-/m1/s1. The first kappa shape index (κ1) is 22.2. The van der Waals surface area contributed by atoms with Crippen LogP contribution in [0.4, 0.5) is 11.5 Å². The molecule has 2 fully saturated rings. The number of hydrogen-bond donors (Lipinski definition) is 1. The van der Waals surface area contributed by atoms with Crippen molar-refractivity contribution in [3.8, 4) is 0 Å². The highest BCUT2D eigenvalue weighted by Crippen LogP contribution is 2.31. The van der Waals surface area contributed by atoms with Gasteiger partial charge in [-0.05, 0) is 55.5 Å². The van der Waals surface area contributed by atoms with Crippen LogP contribution in [0.1, 0.15) is 19.3 Å². The number of para-hydroxylation sites is 1. The van der Waals surface area contributed by atoms with Crippen LogP contribution in [-0.4, -0.2) is 68.1 Å². The van der Waals surface area contributed by atoms with Crippen molar-refractivity contribution in [2.45, 2.75) is 19.3 Å². The van der Waals surface area contributed by atoms with E-state index in [1.165, 1.54) is 15.8 Å². The number of nitrogens with one attached hydrogen (secondary N) is 1. The minimum atomic E-state index is 0.0452. The highest BCUT2D eigenvalue weighted by molar-refractivity contribution is 7.17. The molecule has 6 nitrogen and oxygen atoms in total. The SMILES string of the molecule is O=C(NCCCN1CCN(c2ccccc2)CC1)[C@@H]1CCCN(c2nccc3sccc23)C1. The minimum Gasteiger partial charge on any atom is -0.369 e. The van der Waals surface area contributed by atoms with Gasteiger partial charge in [0.15, 0.2) is 0 Å². The van der Waals surface area contributed by atoms with Crippen LogP contribution in [0.3, 0.4) is 0 Å². The first-order valence-electron chi connectivity index (χ1n) is 12.1. The van der Waals surface area contributed by atoms with E-state index in [0.29, 0.717) is 0 Å². The minimum absolute atomic E-state index is 0.0452. The number of pyridine rings is 1. The number of thiophene rings is 1. The normalized spacial score (nSPS) is 19.7. The lowest BCUT2D eigenvalue weighted by Gasteiger charge is -2.36. The van der Waals surface area contributed by atoms with E-state index in [9.17, 15) is 4.79 Å². The number of benzene rings is 1. The number of aromatic nitrogens is 1. The summed E-state index contributed by atoms with van der Waals surface area (Å²) in [6, 6.07) is 14.9. The molecule has 2 saturated heterocycles. The number of rotatable bonds is 7. The monoisotopic (exact) mass is 463 g/mol. The summed E-state index contributed by atoms with van der Waals surface area (Å²) >= 11 is 1.74. The van der Waals surface area contributed by atoms with Crippen LogP contribution in [0.15, 0.2) is 54.0 Å². The summed E-state index contributed by atoms with van der Waals surface area (Å²) in [5, 5.41) is 6.53. The molecule has 4 heterocycles. The summed E-state index contributed by atoms with van der Waals surface area (Å²) in [7, 11) is 0. The van der Waals surface area contributed by atoms with Crippen LogP contribution in [-0.2, 0) is 4.79 Å². The smallest absolute Gasteiger partial charge is 0.224 e. The molecule has 0 unspecified atom stereocenters. The fraction of sp³-hybridized carbons (Fsp3) is 0.462. The number of nitrogens with zero attached hydrogens (tertiary/aromatic N) is 4. The summed E-state index contributed by atoms with van der Waals surface area (Å²) in [4.78, 5) is 24.8. The number of piperazine rings is 1. The summed E-state index contributed by atoms with van der Waals surface area (Å²) < 4.78 is 1.26. The number of amides is 1. The zero-order valence-corrected chi connectivity index (χ0v) is 20.0. The van der Waals surface area contributed by atoms with E-state index in [0.717, 1.165) is 77.4 Å². The molecule has 0 radical (unpaired) electrons. The van der Waals surface area contributed by atoms with Crippen molar-refractivity contribution in [2.75, 3.05) is 62.2 Å². The van der Waals surface area contributed by atoms with E-state index >= 15 is 0 Å². The maximum Gasteiger partial charge on any atom is 0.224 e. The molecule has 33 heavy (non-hydrogen) atoms. The molecular formula is C26H33N5OS. The summed E-state index contributed by atoms with van der Waals surface area (Å²) in [5.41, 5.74) is 1.32. The van der Waals surface area contributed by atoms with E-state index < -0.39 is 0 Å². The predicted molar refractivity (Wildman–Crippen MR) is 137 cm³/mol. The maximum absolute atomic E-state index is 12.9. The van der Waals surface area contributed by atoms with Crippen molar-refractivity contribution in [2.24, 2.45) is 5.92 Å². The van der Waals surface area contributed by atoms with E-state index in [-0.39, 0.29) is 11.8 Å². The predicted octanol–water partition coefficient (Wildman–Crippen LogP) is 3.84. The Balaban J connectivity index is 1.04. The maximum atomic E-state index is 12.9. The topological polar surface area (TPSA) is 51.7 Å². The molecule has 0 saturated carbocycles. The van der Waals surface area contributed by atoms with Crippen LogP contribution in [0.5, 0.6) is 0 Å². The number of piperidine rings is 1. The lowest BCUT2D eigenvalue weighted by Crippen LogP contribution is -2.47. The Morgan fingerprint density at radius 3 is 2.73 bits per heavy atom. The van der Waals surface area contributed by atoms with Crippen LogP contribution in [0.2, 0.25) is 0 Å². The Morgan fingerprint density at radius 1 is 1.03 bits per heavy atom. The molecule has 2 aliphatic rings.